The van der Waals surface area contributed by atoms with Gasteiger partial charge in [0.2, 0.25) is 0 Å². The van der Waals surface area contributed by atoms with E-state index in [-0.39, 0.29) is 5.84 Å². The van der Waals surface area contributed by atoms with Gasteiger partial charge in [0, 0.05) is 26.1 Å². The Balaban J connectivity index is 2.24. The van der Waals surface area contributed by atoms with Gasteiger partial charge in [-0.25, -0.2) is 0 Å². The predicted octanol–water partition coefficient (Wildman–Crippen LogP) is -0.231. The lowest BCUT2D eigenvalue weighted by Crippen LogP contribution is -2.31. The highest BCUT2D eigenvalue weighted by Gasteiger charge is 2.30. The van der Waals surface area contributed by atoms with Crippen LogP contribution < -0.4 is 5.73 Å². The molecule has 12 heavy (non-hydrogen) atoms. The summed E-state index contributed by atoms with van der Waals surface area (Å²) in [5.41, 5.74) is 4.70. The predicted molar refractivity (Wildman–Crippen MR) is 48.2 cm³/mol. The number of hydrogen-bond acceptors (Lipinski definition) is 3. The molecule has 1 fully saturated rings. The fraction of sp³-hybridized carbons (Fsp3) is 0.875. The summed E-state index contributed by atoms with van der Waals surface area (Å²) in [6.45, 7) is 4.27. The van der Waals surface area contributed by atoms with Crippen LogP contribution in [0.15, 0.2) is 0 Å². The van der Waals surface area contributed by atoms with Gasteiger partial charge in [-0.3, -0.25) is 10.3 Å². The third-order valence-corrected chi connectivity index (χ3v) is 2.23. The number of amidine groups is 1. The molecular formula is C8H17N3O. The topological polar surface area (TPSA) is 73.3 Å². The second-order valence-electron chi connectivity index (χ2n) is 3.80. The van der Waals surface area contributed by atoms with E-state index in [0.717, 1.165) is 19.5 Å². The molecule has 4 nitrogen and oxygen atoms in total. The number of β-amino-alcohol motifs (C(OH)–C–C–N with tert-alkyl or cyclic N) is 1. The van der Waals surface area contributed by atoms with Crippen LogP contribution in [-0.2, 0) is 0 Å². The largest absolute Gasteiger partial charge is 0.389 e. The minimum atomic E-state index is -0.531. The highest BCUT2D eigenvalue weighted by molar-refractivity contribution is 5.76. The van der Waals surface area contributed by atoms with Crippen molar-refractivity contribution in [1.29, 1.82) is 5.41 Å². The molecule has 0 amide bonds. The molecule has 0 aromatic carbocycles. The quantitative estimate of drug-likeness (QED) is 0.405. The van der Waals surface area contributed by atoms with Gasteiger partial charge in [-0.1, -0.05) is 0 Å². The lowest BCUT2D eigenvalue weighted by atomic mass is 10.1. The summed E-state index contributed by atoms with van der Waals surface area (Å²) in [4.78, 5) is 2.14. The van der Waals surface area contributed by atoms with E-state index < -0.39 is 5.60 Å². The van der Waals surface area contributed by atoms with Crippen molar-refractivity contribution >= 4 is 5.84 Å². The maximum Gasteiger partial charge on any atom is 0.0918 e. The average Bonchev–Trinajstić information content (AvgIpc) is 2.26. The smallest absolute Gasteiger partial charge is 0.0918 e. The van der Waals surface area contributed by atoms with Crippen molar-refractivity contribution in [2.24, 2.45) is 5.73 Å². The first kappa shape index (κ1) is 9.48. The van der Waals surface area contributed by atoms with Crippen LogP contribution in [0, 0.1) is 5.41 Å². The van der Waals surface area contributed by atoms with Gasteiger partial charge in [0.1, 0.15) is 0 Å². The molecule has 1 saturated heterocycles. The average molecular weight is 171 g/mol. The van der Waals surface area contributed by atoms with Crippen molar-refractivity contribution in [2.45, 2.75) is 25.4 Å². The van der Waals surface area contributed by atoms with Gasteiger partial charge in [0.15, 0.2) is 0 Å². The Labute approximate surface area is 72.9 Å². The van der Waals surface area contributed by atoms with Crippen LogP contribution in [-0.4, -0.2) is 41.1 Å². The van der Waals surface area contributed by atoms with Crippen LogP contribution in [0.25, 0.3) is 0 Å². The Morgan fingerprint density at radius 1 is 1.75 bits per heavy atom. The number of hydrogen-bond donors (Lipinski definition) is 3. The van der Waals surface area contributed by atoms with E-state index in [1.807, 2.05) is 6.92 Å². The van der Waals surface area contributed by atoms with Gasteiger partial charge >= 0.3 is 0 Å². The third-order valence-electron chi connectivity index (χ3n) is 2.23. The first-order valence-electron chi connectivity index (χ1n) is 4.27. The molecule has 0 aliphatic carbocycles. The molecule has 4 N–H and O–H groups in total. The lowest BCUT2D eigenvalue weighted by molar-refractivity contribution is 0.0691. The zero-order valence-corrected chi connectivity index (χ0v) is 7.51. The SMILES string of the molecule is CC1(O)CCN(CCC(=N)N)C1. The Morgan fingerprint density at radius 3 is 2.83 bits per heavy atom. The van der Waals surface area contributed by atoms with Crippen molar-refractivity contribution in [3.8, 4) is 0 Å². The second kappa shape index (κ2) is 3.41. The van der Waals surface area contributed by atoms with Gasteiger partial charge < -0.3 is 10.8 Å². The number of nitrogens with zero attached hydrogens (tertiary/aromatic N) is 1. The Hall–Kier alpha value is -0.610. The van der Waals surface area contributed by atoms with Crippen LogP contribution in [0.2, 0.25) is 0 Å². The van der Waals surface area contributed by atoms with Crippen molar-refractivity contribution in [3.05, 3.63) is 0 Å². The molecule has 0 aromatic heterocycles. The van der Waals surface area contributed by atoms with Crippen LogP contribution in [0.1, 0.15) is 19.8 Å². The van der Waals surface area contributed by atoms with Gasteiger partial charge in [0.05, 0.1) is 11.4 Å². The monoisotopic (exact) mass is 171 g/mol. The molecule has 1 rings (SSSR count). The number of nitrogens with two attached hydrogens (primary N) is 1. The highest BCUT2D eigenvalue weighted by atomic mass is 16.3. The van der Waals surface area contributed by atoms with Crippen molar-refractivity contribution in [2.75, 3.05) is 19.6 Å². The van der Waals surface area contributed by atoms with E-state index in [4.69, 9.17) is 11.1 Å². The number of likely N-dealkylation sites (tertiary alicyclic amines) is 1. The summed E-state index contributed by atoms with van der Waals surface area (Å²) in [6, 6.07) is 0. The van der Waals surface area contributed by atoms with Gasteiger partial charge in [-0.15, -0.1) is 0 Å². The zero-order valence-electron chi connectivity index (χ0n) is 7.51. The van der Waals surface area contributed by atoms with Crippen LogP contribution >= 0.6 is 0 Å². The Morgan fingerprint density at radius 2 is 2.42 bits per heavy atom. The molecule has 1 unspecified atom stereocenters. The first-order valence-corrected chi connectivity index (χ1v) is 4.27. The van der Waals surface area contributed by atoms with Crippen LogP contribution in [0.3, 0.4) is 0 Å². The maximum atomic E-state index is 9.60. The molecule has 4 heteroatoms. The molecule has 0 bridgehead atoms. The third kappa shape index (κ3) is 2.79. The summed E-state index contributed by atoms with van der Waals surface area (Å²) >= 11 is 0. The Bertz CT molecular complexity index is 179. The molecule has 1 atom stereocenters. The van der Waals surface area contributed by atoms with Gasteiger partial charge in [0.25, 0.3) is 0 Å². The van der Waals surface area contributed by atoms with E-state index in [1.54, 1.807) is 0 Å². The lowest BCUT2D eigenvalue weighted by Gasteiger charge is -2.18. The van der Waals surface area contributed by atoms with Gasteiger partial charge in [-0.2, -0.15) is 0 Å². The number of aliphatic hydroxyl groups is 1. The molecule has 1 aliphatic rings. The van der Waals surface area contributed by atoms with Crippen LogP contribution in [0.4, 0.5) is 0 Å². The molecule has 1 heterocycles. The normalized spacial score (nSPS) is 30.8. The van der Waals surface area contributed by atoms with E-state index >= 15 is 0 Å². The molecule has 0 radical (unpaired) electrons. The fourth-order valence-electron chi connectivity index (χ4n) is 1.51. The molecule has 70 valence electrons. The summed E-state index contributed by atoms with van der Waals surface area (Å²) < 4.78 is 0. The van der Waals surface area contributed by atoms with Gasteiger partial charge in [-0.05, 0) is 13.3 Å². The number of nitrogens with one attached hydrogen (secondary N) is 1. The number of rotatable bonds is 3. The van der Waals surface area contributed by atoms with E-state index in [0.29, 0.717) is 13.0 Å². The molecule has 0 aromatic rings. The molecule has 0 saturated carbocycles. The summed E-state index contributed by atoms with van der Waals surface area (Å²) in [5.74, 6) is 0.224. The summed E-state index contributed by atoms with van der Waals surface area (Å²) in [6.07, 6.45) is 1.43. The maximum absolute atomic E-state index is 9.60. The van der Waals surface area contributed by atoms with Crippen molar-refractivity contribution < 1.29 is 5.11 Å². The Kier molecular flexibility index (Phi) is 2.69. The van der Waals surface area contributed by atoms with Crippen molar-refractivity contribution in [3.63, 3.8) is 0 Å². The summed E-state index contributed by atoms with van der Waals surface area (Å²) in [5, 5.41) is 16.6. The zero-order chi connectivity index (χ0) is 9.19. The minimum absolute atomic E-state index is 0.224. The van der Waals surface area contributed by atoms with Crippen LogP contribution in [0.5, 0.6) is 0 Å². The fourth-order valence-corrected chi connectivity index (χ4v) is 1.51. The first-order chi connectivity index (χ1) is 5.49. The minimum Gasteiger partial charge on any atom is -0.389 e. The second-order valence-corrected chi connectivity index (χ2v) is 3.80. The molecular weight excluding hydrogens is 154 g/mol. The summed E-state index contributed by atoms with van der Waals surface area (Å²) in [7, 11) is 0. The van der Waals surface area contributed by atoms with E-state index in [2.05, 4.69) is 4.90 Å². The standard InChI is InChI=1S/C8H17N3O/c1-8(12)3-5-11(6-8)4-2-7(9)10/h12H,2-6H2,1H3,(H3,9,10). The van der Waals surface area contributed by atoms with E-state index in [1.165, 1.54) is 0 Å². The molecule has 1 aliphatic heterocycles. The molecule has 0 spiro atoms. The van der Waals surface area contributed by atoms with E-state index in [9.17, 15) is 5.11 Å². The highest BCUT2D eigenvalue weighted by Crippen LogP contribution is 2.19. The van der Waals surface area contributed by atoms with Crippen molar-refractivity contribution in [1.82, 2.24) is 4.90 Å².